The molecule has 144 valence electrons. The number of morpholine rings is 1. The first-order valence-electron chi connectivity index (χ1n) is 9.83. The molecule has 1 spiro atoms. The van der Waals surface area contributed by atoms with Gasteiger partial charge in [-0.15, -0.1) is 0 Å². The molecule has 27 heavy (non-hydrogen) atoms. The Morgan fingerprint density at radius 2 is 1.96 bits per heavy atom. The molecule has 0 radical (unpaired) electrons. The number of hydrogen-bond donors (Lipinski definition) is 1. The summed E-state index contributed by atoms with van der Waals surface area (Å²) in [5.41, 5.74) is 0.792. The van der Waals surface area contributed by atoms with Crippen molar-refractivity contribution in [3.05, 3.63) is 42.5 Å². The van der Waals surface area contributed by atoms with Gasteiger partial charge in [0, 0.05) is 17.8 Å². The zero-order valence-electron chi connectivity index (χ0n) is 16.2. The summed E-state index contributed by atoms with van der Waals surface area (Å²) in [5.74, 6) is 1.11. The second-order valence-electron chi connectivity index (χ2n) is 8.94. The lowest BCUT2D eigenvalue weighted by Crippen LogP contribution is -2.62. The van der Waals surface area contributed by atoms with Gasteiger partial charge in [0.25, 0.3) is 5.91 Å². The molecule has 1 aliphatic heterocycles. The normalized spacial score (nSPS) is 31.1. The number of nitrogens with zero attached hydrogens (tertiary/aromatic N) is 1. The van der Waals surface area contributed by atoms with Crippen LogP contribution in [0.5, 0.6) is 0 Å². The van der Waals surface area contributed by atoms with Gasteiger partial charge in [0.1, 0.15) is 0 Å². The highest BCUT2D eigenvalue weighted by atomic mass is 16.5. The zero-order chi connectivity index (χ0) is 19.2. The smallest absolute Gasteiger partial charge is 0.254 e. The number of ether oxygens (including phenoxy) is 1. The summed E-state index contributed by atoms with van der Waals surface area (Å²) in [5, 5.41) is 2.71. The largest absolute Gasteiger partial charge is 0.365 e. The van der Waals surface area contributed by atoms with Gasteiger partial charge in [-0.2, -0.15) is 0 Å². The number of hydrogen-bond acceptors (Lipinski definition) is 3. The molecule has 3 fully saturated rings. The van der Waals surface area contributed by atoms with Crippen molar-refractivity contribution in [1.29, 1.82) is 0 Å². The molecule has 3 atom stereocenters. The maximum absolute atomic E-state index is 13.2. The minimum Gasteiger partial charge on any atom is -0.365 e. The number of anilines is 1. The van der Waals surface area contributed by atoms with Gasteiger partial charge in [0.05, 0.1) is 17.7 Å². The molecule has 5 heteroatoms. The molecule has 5 nitrogen and oxygen atoms in total. The molecule has 2 aliphatic carbocycles. The fourth-order valence-electron chi connectivity index (χ4n) is 5.38. The van der Waals surface area contributed by atoms with Crippen LogP contribution in [-0.4, -0.2) is 41.0 Å². The first-order valence-corrected chi connectivity index (χ1v) is 9.83. The van der Waals surface area contributed by atoms with Crippen LogP contribution >= 0.6 is 0 Å². The highest BCUT2D eigenvalue weighted by Crippen LogP contribution is 2.55. The van der Waals surface area contributed by atoms with Crippen molar-refractivity contribution in [2.75, 3.05) is 18.4 Å². The van der Waals surface area contributed by atoms with Crippen LogP contribution < -0.4 is 5.32 Å². The van der Waals surface area contributed by atoms with Crippen LogP contribution in [-0.2, 0) is 9.53 Å². The Balaban J connectivity index is 1.52. The van der Waals surface area contributed by atoms with E-state index in [1.165, 1.54) is 25.3 Å². The SMILES string of the molecule is C=CC(=O)Nc1ccc(C(=O)N2CC(C)(C)O[C@@]3(C[C@@H]4CC[C@H]3C4)C2)cc1. The Bertz CT molecular complexity index is 770. The molecule has 1 N–H and O–H groups in total. The number of rotatable bonds is 3. The van der Waals surface area contributed by atoms with Gasteiger partial charge in [-0.05, 0) is 81.7 Å². The van der Waals surface area contributed by atoms with Gasteiger partial charge in [-0.1, -0.05) is 6.58 Å². The highest BCUT2D eigenvalue weighted by molar-refractivity contribution is 5.99. The molecule has 1 heterocycles. The lowest BCUT2D eigenvalue weighted by molar-refractivity contribution is -0.208. The minimum absolute atomic E-state index is 0.0371. The number of carbonyl (C=O) groups is 2. The highest BCUT2D eigenvalue weighted by Gasteiger charge is 2.57. The second-order valence-corrected chi connectivity index (χ2v) is 8.94. The van der Waals surface area contributed by atoms with E-state index >= 15 is 0 Å². The van der Waals surface area contributed by atoms with E-state index in [0.717, 1.165) is 12.3 Å². The molecule has 0 unspecified atom stereocenters. The summed E-state index contributed by atoms with van der Waals surface area (Å²) >= 11 is 0. The van der Waals surface area contributed by atoms with Crippen LogP contribution in [0.1, 0.15) is 49.9 Å². The van der Waals surface area contributed by atoms with Crippen LogP contribution in [0.15, 0.2) is 36.9 Å². The Hall–Kier alpha value is -2.14. The zero-order valence-corrected chi connectivity index (χ0v) is 16.2. The van der Waals surface area contributed by atoms with E-state index in [4.69, 9.17) is 4.74 Å². The van der Waals surface area contributed by atoms with E-state index in [-0.39, 0.29) is 23.0 Å². The molecule has 2 amide bonds. The molecular weight excluding hydrogens is 340 g/mol. The number of nitrogens with one attached hydrogen (secondary N) is 1. The molecule has 2 bridgehead atoms. The second kappa shape index (κ2) is 6.48. The van der Waals surface area contributed by atoms with E-state index < -0.39 is 0 Å². The summed E-state index contributed by atoms with van der Waals surface area (Å²) in [6, 6.07) is 7.06. The number of amides is 2. The first kappa shape index (κ1) is 18.2. The summed E-state index contributed by atoms with van der Waals surface area (Å²) in [6.45, 7) is 8.91. The van der Waals surface area contributed by atoms with Crippen molar-refractivity contribution in [3.8, 4) is 0 Å². The number of carbonyl (C=O) groups excluding carboxylic acids is 2. The Kier molecular flexibility index (Phi) is 4.38. The average Bonchev–Trinajstić information content (AvgIpc) is 3.21. The molecule has 0 aromatic heterocycles. The fraction of sp³-hybridized carbons (Fsp3) is 0.545. The topological polar surface area (TPSA) is 58.6 Å². The summed E-state index contributed by atoms with van der Waals surface area (Å²) in [6.07, 6.45) is 6.08. The number of fused-ring (bicyclic) bond motifs is 3. The summed E-state index contributed by atoms with van der Waals surface area (Å²) < 4.78 is 6.60. The molecule has 1 saturated heterocycles. The van der Waals surface area contributed by atoms with E-state index in [2.05, 4.69) is 25.7 Å². The van der Waals surface area contributed by atoms with E-state index in [0.29, 0.717) is 30.3 Å². The molecule has 4 rings (SSSR count). The molecule has 2 saturated carbocycles. The Labute approximate surface area is 160 Å². The third kappa shape index (κ3) is 3.41. The molecular formula is C22H28N2O3. The monoisotopic (exact) mass is 368 g/mol. The van der Waals surface area contributed by atoms with Crippen molar-refractivity contribution in [2.45, 2.75) is 50.7 Å². The molecule has 1 aromatic rings. The van der Waals surface area contributed by atoms with Crippen LogP contribution in [0.2, 0.25) is 0 Å². The van der Waals surface area contributed by atoms with Gasteiger partial charge in [-0.25, -0.2) is 0 Å². The van der Waals surface area contributed by atoms with Crippen molar-refractivity contribution >= 4 is 17.5 Å². The number of benzene rings is 1. The standard InChI is InChI=1S/C22H28N2O3/c1-4-19(25)23-18-9-6-16(7-10-18)20(26)24-13-21(2,3)27-22(14-24)12-15-5-8-17(22)11-15/h4,6-7,9-10,15,17H,1,5,8,11-14H2,2-3H3,(H,23,25)/t15-,17+,22+/m1/s1. The van der Waals surface area contributed by atoms with Gasteiger partial charge in [0.15, 0.2) is 0 Å². The predicted molar refractivity (Wildman–Crippen MR) is 105 cm³/mol. The van der Waals surface area contributed by atoms with Crippen molar-refractivity contribution in [2.24, 2.45) is 11.8 Å². The van der Waals surface area contributed by atoms with E-state index in [1.54, 1.807) is 24.3 Å². The first-order chi connectivity index (χ1) is 12.8. The van der Waals surface area contributed by atoms with Crippen LogP contribution in [0.4, 0.5) is 5.69 Å². The molecule has 3 aliphatic rings. The Morgan fingerprint density at radius 1 is 1.22 bits per heavy atom. The van der Waals surface area contributed by atoms with Crippen molar-refractivity contribution in [3.63, 3.8) is 0 Å². The van der Waals surface area contributed by atoms with Crippen LogP contribution in [0.3, 0.4) is 0 Å². The third-order valence-electron chi connectivity index (χ3n) is 6.30. The predicted octanol–water partition coefficient (Wildman–Crippen LogP) is 3.62. The Morgan fingerprint density at radius 3 is 2.56 bits per heavy atom. The summed E-state index contributed by atoms with van der Waals surface area (Å²) in [4.78, 5) is 26.6. The van der Waals surface area contributed by atoms with Gasteiger partial charge < -0.3 is 15.0 Å². The third-order valence-corrected chi connectivity index (χ3v) is 6.30. The van der Waals surface area contributed by atoms with Crippen molar-refractivity contribution in [1.82, 2.24) is 4.90 Å². The summed E-state index contributed by atoms with van der Waals surface area (Å²) in [7, 11) is 0. The molecule has 1 aromatic carbocycles. The van der Waals surface area contributed by atoms with Crippen molar-refractivity contribution < 1.29 is 14.3 Å². The van der Waals surface area contributed by atoms with E-state index in [1.807, 2.05) is 4.90 Å². The lowest BCUT2D eigenvalue weighted by Gasteiger charge is -2.52. The maximum Gasteiger partial charge on any atom is 0.254 e. The lowest BCUT2D eigenvalue weighted by atomic mass is 9.81. The van der Waals surface area contributed by atoms with Gasteiger partial charge in [-0.3, -0.25) is 9.59 Å². The minimum atomic E-state index is -0.337. The van der Waals surface area contributed by atoms with Gasteiger partial charge in [0.2, 0.25) is 5.91 Å². The maximum atomic E-state index is 13.2. The van der Waals surface area contributed by atoms with Gasteiger partial charge >= 0.3 is 0 Å². The van der Waals surface area contributed by atoms with Crippen LogP contribution in [0, 0.1) is 11.8 Å². The van der Waals surface area contributed by atoms with Crippen LogP contribution in [0.25, 0.3) is 0 Å². The average molecular weight is 368 g/mol. The fourth-order valence-corrected chi connectivity index (χ4v) is 5.38. The quantitative estimate of drug-likeness (QED) is 0.829. The van der Waals surface area contributed by atoms with E-state index in [9.17, 15) is 9.59 Å².